The van der Waals surface area contributed by atoms with Gasteiger partial charge in [0, 0.05) is 26.2 Å². The number of para-hydroxylation sites is 1. The molecule has 0 spiro atoms. The molecule has 5 heteroatoms. The summed E-state index contributed by atoms with van der Waals surface area (Å²) in [5.74, 6) is 0.591. The highest BCUT2D eigenvalue weighted by atomic mass is 16.6. The largest absolute Gasteiger partial charge is 0.415 e. The van der Waals surface area contributed by atoms with Crippen molar-refractivity contribution in [2.45, 2.75) is 63.5 Å². The van der Waals surface area contributed by atoms with E-state index in [-0.39, 0.29) is 12.1 Å². The average Bonchev–Trinajstić information content (AvgIpc) is 2.74. The molecule has 1 fully saturated rings. The highest BCUT2D eigenvalue weighted by Gasteiger charge is 2.27. The highest BCUT2D eigenvalue weighted by molar-refractivity contribution is 5.70. The zero-order chi connectivity index (χ0) is 20.9. The van der Waals surface area contributed by atoms with E-state index in [9.17, 15) is 4.79 Å². The van der Waals surface area contributed by atoms with Gasteiger partial charge in [-0.05, 0) is 64.3 Å². The summed E-state index contributed by atoms with van der Waals surface area (Å²) in [4.78, 5) is 16.4. The summed E-state index contributed by atoms with van der Waals surface area (Å²) < 4.78 is 11.5. The van der Waals surface area contributed by atoms with Crippen molar-refractivity contribution in [2.75, 3.05) is 33.8 Å². The molecule has 1 saturated carbocycles. The van der Waals surface area contributed by atoms with E-state index < -0.39 is 0 Å². The van der Waals surface area contributed by atoms with Gasteiger partial charge in [0.2, 0.25) is 0 Å². The minimum Gasteiger partial charge on any atom is -0.410 e. The number of rotatable bonds is 12. The zero-order valence-electron chi connectivity index (χ0n) is 18.2. The zero-order valence-corrected chi connectivity index (χ0v) is 18.2. The lowest BCUT2D eigenvalue weighted by Gasteiger charge is -2.34. The minimum atomic E-state index is -0.278. The normalized spacial score (nSPS) is 19.1. The van der Waals surface area contributed by atoms with Crippen molar-refractivity contribution in [1.29, 1.82) is 0 Å². The highest BCUT2D eigenvalue weighted by Crippen LogP contribution is 2.25. The van der Waals surface area contributed by atoms with Crippen LogP contribution in [0.5, 0.6) is 5.75 Å². The van der Waals surface area contributed by atoms with E-state index in [1.807, 2.05) is 31.3 Å². The molecule has 0 radical (unpaired) electrons. The maximum Gasteiger partial charge on any atom is 0.415 e. The van der Waals surface area contributed by atoms with Crippen molar-refractivity contribution in [3.8, 4) is 5.75 Å². The van der Waals surface area contributed by atoms with Crippen LogP contribution in [0.3, 0.4) is 0 Å². The second-order valence-electron chi connectivity index (χ2n) is 8.06. The molecule has 0 heterocycles. The Morgan fingerprint density at radius 3 is 2.45 bits per heavy atom. The fourth-order valence-corrected chi connectivity index (χ4v) is 3.81. The lowest BCUT2D eigenvalue weighted by atomic mass is 9.92. The number of unbranched alkanes of at least 4 members (excludes halogenated alkanes) is 3. The topological polar surface area (TPSA) is 42.0 Å². The molecule has 1 aliphatic carbocycles. The predicted octanol–water partition coefficient (Wildman–Crippen LogP) is 5.12. The molecule has 5 nitrogen and oxygen atoms in total. The van der Waals surface area contributed by atoms with Crippen LogP contribution in [-0.2, 0) is 4.74 Å². The number of likely N-dealkylation sites (N-methyl/N-ethyl adjacent to an activating group) is 1. The molecule has 1 aliphatic rings. The Morgan fingerprint density at radius 1 is 1.07 bits per heavy atom. The van der Waals surface area contributed by atoms with E-state index in [0.717, 1.165) is 51.8 Å². The molecular formula is C24H38N2O3. The summed E-state index contributed by atoms with van der Waals surface area (Å²) in [6.45, 7) is 6.72. The summed E-state index contributed by atoms with van der Waals surface area (Å²) in [5, 5.41) is 0. The first-order valence-corrected chi connectivity index (χ1v) is 11.0. The number of amides is 1. The summed E-state index contributed by atoms with van der Waals surface area (Å²) in [6.07, 6.45) is 10.8. The van der Waals surface area contributed by atoms with E-state index in [0.29, 0.717) is 11.9 Å². The molecular weight excluding hydrogens is 364 g/mol. The van der Waals surface area contributed by atoms with Crippen molar-refractivity contribution < 1.29 is 14.3 Å². The van der Waals surface area contributed by atoms with E-state index in [4.69, 9.17) is 9.47 Å². The number of carbonyl (C=O) groups is 1. The van der Waals surface area contributed by atoms with Gasteiger partial charge in [0.25, 0.3) is 0 Å². The molecule has 2 rings (SSSR count). The third kappa shape index (κ3) is 9.01. The van der Waals surface area contributed by atoms with Gasteiger partial charge in [-0.15, -0.1) is 6.58 Å². The molecule has 162 valence electrons. The summed E-state index contributed by atoms with van der Waals surface area (Å²) >= 11 is 0. The first kappa shape index (κ1) is 23.4. The molecule has 0 aliphatic heterocycles. The molecule has 1 aromatic rings. The summed E-state index contributed by atoms with van der Waals surface area (Å²) in [6, 6.07) is 9.48. The van der Waals surface area contributed by atoms with E-state index in [1.165, 1.54) is 19.3 Å². The monoisotopic (exact) mass is 402 g/mol. The first-order valence-electron chi connectivity index (χ1n) is 11.0. The van der Waals surface area contributed by atoms with Gasteiger partial charge in [-0.1, -0.05) is 37.1 Å². The van der Waals surface area contributed by atoms with Crippen LogP contribution in [0.1, 0.15) is 51.4 Å². The molecule has 0 saturated heterocycles. The third-order valence-electron chi connectivity index (χ3n) is 5.66. The van der Waals surface area contributed by atoms with Gasteiger partial charge in [0.1, 0.15) is 5.75 Å². The van der Waals surface area contributed by atoms with Crippen molar-refractivity contribution in [2.24, 2.45) is 0 Å². The van der Waals surface area contributed by atoms with Gasteiger partial charge in [-0.25, -0.2) is 4.79 Å². The van der Waals surface area contributed by atoms with Crippen LogP contribution in [0.25, 0.3) is 0 Å². The van der Waals surface area contributed by atoms with Gasteiger partial charge in [-0.2, -0.15) is 0 Å². The van der Waals surface area contributed by atoms with Crippen LogP contribution >= 0.6 is 0 Å². The molecule has 0 unspecified atom stereocenters. The van der Waals surface area contributed by atoms with Crippen molar-refractivity contribution in [3.63, 3.8) is 0 Å². The number of ether oxygens (including phenoxy) is 2. The Kier molecular flexibility index (Phi) is 10.8. The number of nitrogens with zero attached hydrogens (tertiary/aromatic N) is 2. The van der Waals surface area contributed by atoms with Gasteiger partial charge in [0.15, 0.2) is 0 Å². The number of hydrogen-bond donors (Lipinski definition) is 0. The molecule has 0 aromatic heterocycles. The fourth-order valence-electron chi connectivity index (χ4n) is 3.81. The molecule has 1 aromatic carbocycles. The van der Waals surface area contributed by atoms with Crippen molar-refractivity contribution in [1.82, 2.24) is 9.80 Å². The molecule has 0 N–H and O–H groups in total. The van der Waals surface area contributed by atoms with E-state index >= 15 is 0 Å². The standard InChI is InChI=1S/C24H38N2O3/c1-4-18-25(2)19-10-5-6-11-20-28-22-16-14-21(15-17-22)26(3)24(27)29-23-12-8-7-9-13-23/h4,7-9,12-13,21-22H,1,5-6,10-11,14-20H2,2-3H3/t21-,22-. The van der Waals surface area contributed by atoms with Crippen LogP contribution in [0.4, 0.5) is 4.79 Å². The van der Waals surface area contributed by atoms with Crippen molar-refractivity contribution in [3.05, 3.63) is 43.0 Å². The second-order valence-corrected chi connectivity index (χ2v) is 8.06. The quantitative estimate of drug-likeness (QED) is 0.359. The Bertz CT molecular complexity index is 585. The van der Waals surface area contributed by atoms with Crippen LogP contribution in [0, 0.1) is 0 Å². The second kappa shape index (κ2) is 13.4. The van der Waals surface area contributed by atoms with E-state index in [1.54, 1.807) is 17.0 Å². The lowest BCUT2D eigenvalue weighted by Crippen LogP contribution is -2.42. The van der Waals surface area contributed by atoms with Gasteiger partial charge >= 0.3 is 6.09 Å². The molecule has 29 heavy (non-hydrogen) atoms. The van der Waals surface area contributed by atoms with Crippen molar-refractivity contribution >= 4 is 6.09 Å². The number of hydrogen-bond acceptors (Lipinski definition) is 4. The number of carbonyl (C=O) groups excluding carboxylic acids is 1. The van der Waals surface area contributed by atoms with Gasteiger partial charge in [0.05, 0.1) is 6.10 Å². The average molecular weight is 403 g/mol. The molecule has 1 amide bonds. The Morgan fingerprint density at radius 2 is 1.76 bits per heavy atom. The molecule has 0 bridgehead atoms. The Balaban J connectivity index is 1.53. The minimum absolute atomic E-state index is 0.235. The lowest BCUT2D eigenvalue weighted by molar-refractivity contribution is 0.0104. The summed E-state index contributed by atoms with van der Waals surface area (Å²) in [7, 11) is 3.98. The number of benzene rings is 1. The maximum absolute atomic E-state index is 12.3. The Hall–Kier alpha value is -1.85. The van der Waals surface area contributed by atoms with Crippen LogP contribution in [0.15, 0.2) is 43.0 Å². The van der Waals surface area contributed by atoms with Gasteiger partial charge in [-0.3, -0.25) is 0 Å². The first-order chi connectivity index (χ1) is 14.1. The third-order valence-corrected chi connectivity index (χ3v) is 5.66. The Labute approximate surface area is 176 Å². The fraction of sp³-hybridized carbons (Fsp3) is 0.625. The predicted molar refractivity (Wildman–Crippen MR) is 118 cm³/mol. The van der Waals surface area contributed by atoms with E-state index in [2.05, 4.69) is 18.5 Å². The van der Waals surface area contributed by atoms with Crippen LogP contribution in [0.2, 0.25) is 0 Å². The summed E-state index contributed by atoms with van der Waals surface area (Å²) in [5.41, 5.74) is 0. The van der Waals surface area contributed by atoms with Crippen LogP contribution in [-0.4, -0.2) is 61.8 Å². The van der Waals surface area contributed by atoms with Crippen LogP contribution < -0.4 is 4.74 Å². The smallest absolute Gasteiger partial charge is 0.410 e. The van der Waals surface area contributed by atoms with Gasteiger partial charge < -0.3 is 19.3 Å². The maximum atomic E-state index is 12.3. The molecule has 0 atom stereocenters. The SMILES string of the molecule is C=CCN(C)CCCCCCO[C@H]1CC[C@H](N(C)C(=O)Oc2ccccc2)CC1.